The molecule has 1 aliphatic rings. The lowest BCUT2D eigenvalue weighted by Gasteiger charge is -2.36. The molecule has 28 heavy (non-hydrogen) atoms. The number of nitrogens with zero attached hydrogens (tertiary/aromatic N) is 1. The van der Waals surface area contributed by atoms with Gasteiger partial charge < -0.3 is 24.8 Å². The van der Waals surface area contributed by atoms with E-state index in [1.165, 1.54) is 18.4 Å². The van der Waals surface area contributed by atoms with Gasteiger partial charge in [0.2, 0.25) is 0 Å². The molecule has 0 amide bonds. The average Bonchev–Trinajstić information content (AvgIpc) is 2.73. The molecule has 2 N–H and O–H groups in total. The molecular formula is C22H37N3O3. The summed E-state index contributed by atoms with van der Waals surface area (Å²) in [6, 6.07) is 6.36. The summed E-state index contributed by atoms with van der Waals surface area (Å²) >= 11 is 0. The van der Waals surface area contributed by atoms with Gasteiger partial charge in [-0.3, -0.25) is 4.99 Å². The van der Waals surface area contributed by atoms with Crippen LogP contribution in [0.3, 0.4) is 0 Å². The van der Waals surface area contributed by atoms with Crippen LogP contribution in [0.25, 0.3) is 0 Å². The molecule has 0 unspecified atom stereocenters. The predicted molar refractivity (Wildman–Crippen MR) is 114 cm³/mol. The van der Waals surface area contributed by atoms with Crippen molar-refractivity contribution in [2.24, 2.45) is 4.99 Å². The standard InChI is InChI=1S/C22H37N3O3/c1-5-6-7-12-28-20-15-18(2)8-9-19(20)16-24-21(23-3)25-17-22(26-4)10-13-27-14-11-22/h8-9,15H,5-7,10-14,16-17H2,1-4H3,(H2,23,24,25). The molecule has 1 aliphatic heterocycles. The van der Waals surface area contributed by atoms with Crippen molar-refractivity contribution in [1.29, 1.82) is 0 Å². The SMILES string of the molecule is CCCCCOc1cc(C)ccc1CNC(=NC)NCC1(OC)CCOCC1. The van der Waals surface area contributed by atoms with E-state index in [0.29, 0.717) is 13.1 Å². The highest BCUT2D eigenvalue weighted by molar-refractivity contribution is 5.79. The molecule has 0 atom stereocenters. The topological polar surface area (TPSA) is 64.1 Å². The third-order valence-electron chi connectivity index (χ3n) is 5.31. The maximum atomic E-state index is 6.04. The van der Waals surface area contributed by atoms with Crippen molar-refractivity contribution >= 4 is 5.96 Å². The smallest absolute Gasteiger partial charge is 0.191 e. The van der Waals surface area contributed by atoms with Gasteiger partial charge in [-0.1, -0.05) is 31.9 Å². The molecule has 6 heteroatoms. The number of unbranched alkanes of at least 4 members (excludes halogenated alkanes) is 2. The highest BCUT2D eigenvalue weighted by atomic mass is 16.5. The number of guanidine groups is 1. The van der Waals surface area contributed by atoms with E-state index in [9.17, 15) is 0 Å². The minimum absolute atomic E-state index is 0.187. The maximum Gasteiger partial charge on any atom is 0.191 e. The second kappa shape index (κ2) is 11.9. The minimum atomic E-state index is -0.187. The lowest BCUT2D eigenvalue weighted by atomic mass is 9.94. The zero-order chi connectivity index (χ0) is 20.2. The lowest BCUT2D eigenvalue weighted by molar-refractivity contribution is -0.0855. The quantitative estimate of drug-likeness (QED) is 0.363. The van der Waals surface area contributed by atoms with Crippen LogP contribution in [0.15, 0.2) is 23.2 Å². The zero-order valence-corrected chi connectivity index (χ0v) is 18.0. The molecule has 0 bridgehead atoms. The number of aryl methyl sites for hydroxylation is 1. The van der Waals surface area contributed by atoms with Gasteiger partial charge in [0.1, 0.15) is 5.75 Å². The van der Waals surface area contributed by atoms with Gasteiger partial charge in [-0.25, -0.2) is 0 Å². The minimum Gasteiger partial charge on any atom is -0.493 e. The van der Waals surface area contributed by atoms with Crippen molar-refractivity contribution in [3.63, 3.8) is 0 Å². The Bertz CT molecular complexity index is 613. The van der Waals surface area contributed by atoms with Gasteiger partial charge in [-0.2, -0.15) is 0 Å². The van der Waals surface area contributed by atoms with E-state index >= 15 is 0 Å². The normalized spacial score (nSPS) is 16.6. The van der Waals surface area contributed by atoms with E-state index in [2.05, 4.69) is 47.7 Å². The largest absolute Gasteiger partial charge is 0.493 e. The Balaban J connectivity index is 1.90. The first-order chi connectivity index (χ1) is 13.6. The molecule has 158 valence electrons. The number of hydrogen-bond acceptors (Lipinski definition) is 4. The molecule has 6 nitrogen and oxygen atoms in total. The summed E-state index contributed by atoms with van der Waals surface area (Å²) in [5, 5.41) is 6.81. The van der Waals surface area contributed by atoms with Crippen LogP contribution in [0, 0.1) is 6.92 Å². The molecular weight excluding hydrogens is 354 g/mol. The summed E-state index contributed by atoms with van der Waals surface area (Å²) in [7, 11) is 3.56. The molecule has 0 radical (unpaired) electrons. The Morgan fingerprint density at radius 1 is 1.21 bits per heavy atom. The number of aliphatic imine (C=N–C) groups is 1. The van der Waals surface area contributed by atoms with Gasteiger partial charge in [-0.15, -0.1) is 0 Å². The van der Waals surface area contributed by atoms with Crippen LogP contribution in [0.1, 0.15) is 50.2 Å². The van der Waals surface area contributed by atoms with Crippen LogP contribution >= 0.6 is 0 Å². The van der Waals surface area contributed by atoms with E-state index in [-0.39, 0.29) is 5.60 Å². The van der Waals surface area contributed by atoms with Crippen molar-refractivity contribution in [2.45, 2.75) is 58.1 Å². The monoisotopic (exact) mass is 391 g/mol. The second-order valence-electron chi connectivity index (χ2n) is 7.45. The van der Waals surface area contributed by atoms with E-state index in [4.69, 9.17) is 14.2 Å². The van der Waals surface area contributed by atoms with Crippen molar-refractivity contribution in [3.05, 3.63) is 29.3 Å². The molecule has 0 spiro atoms. The van der Waals surface area contributed by atoms with Crippen molar-refractivity contribution in [1.82, 2.24) is 10.6 Å². The van der Waals surface area contributed by atoms with Crippen LogP contribution in [0.5, 0.6) is 5.75 Å². The summed E-state index contributed by atoms with van der Waals surface area (Å²) in [5.74, 6) is 1.72. The Labute approximate surface area is 170 Å². The fourth-order valence-corrected chi connectivity index (χ4v) is 3.32. The molecule has 0 aliphatic carbocycles. The fraction of sp³-hybridized carbons (Fsp3) is 0.682. The molecule has 1 aromatic carbocycles. The first-order valence-electron chi connectivity index (χ1n) is 10.4. The fourth-order valence-electron chi connectivity index (χ4n) is 3.32. The van der Waals surface area contributed by atoms with Gasteiger partial charge in [0.25, 0.3) is 0 Å². The summed E-state index contributed by atoms with van der Waals surface area (Å²) in [6.07, 6.45) is 5.26. The number of nitrogens with one attached hydrogen (secondary N) is 2. The molecule has 1 aromatic rings. The Morgan fingerprint density at radius 2 is 2.00 bits per heavy atom. The lowest BCUT2D eigenvalue weighted by Crippen LogP contribution is -2.50. The van der Waals surface area contributed by atoms with Crippen LogP contribution in [-0.4, -0.2) is 52.1 Å². The van der Waals surface area contributed by atoms with Crippen molar-refractivity contribution < 1.29 is 14.2 Å². The molecule has 1 saturated heterocycles. The van der Waals surface area contributed by atoms with Gasteiger partial charge in [0, 0.05) is 58.9 Å². The maximum absolute atomic E-state index is 6.04. The van der Waals surface area contributed by atoms with E-state index in [0.717, 1.165) is 56.4 Å². The zero-order valence-electron chi connectivity index (χ0n) is 18.0. The summed E-state index contributed by atoms with van der Waals surface area (Å²) in [6.45, 7) is 7.90. The van der Waals surface area contributed by atoms with Crippen LogP contribution < -0.4 is 15.4 Å². The number of benzene rings is 1. The molecule has 2 rings (SSSR count). The van der Waals surface area contributed by atoms with Gasteiger partial charge >= 0.3 is 0 Å². The summed E-state index contributed by atoms with van der Waals surface area (Å²) in [5.41, 5.74) is 2.16. The van der Waals surface area contributed by atoms with Gasteiger partial charge in [0.05, 0.1) is 12.2 Å². The second-order valence-corrected chi connectivity index (χ2v) is 7.45. The predicted octanol–water partition coefficient (Wildman–Crippen LogP) is 3.42. The number of ether oxygens (including phenoxy) is 3. The first-order valence-corrected chi connectivity index (χ1v) is 10.4. The number of methoxy groups -OCH3 is 1. The van der Waals surface area contributed by atoms with Crippen LogP contribution in [-0.2, 0) is 16.0 Å². The van der Waals surface area contributed by atoms with Crippen LogP contribution in [0.2, 0.25) is 0 Å². The third-order valence-corrected chi connectivity index (χ3v) is 5.31. The van der Waals surface area contributed by atoms with Crippen molar-refractivity contribution in [3.8, 4) is 5.75 Å². The average molecular weight is 392 g/mol. The van der Waals surface area contributed by atoms with Gasteiger partial charge in [-0.05, 0) is 25.0 Å². The Morgan fingerprint density at radius 3 is 2.68 bits per heavy atom. The Hall–Kier alpha value is -1.79. The highest BCUT2D eigenvalue weighted by Crippen LogP contribution is 2.24. The number of rotatable bonds is 10. The molecule has 1 fully saturated rings. The van der Waals surface area contributed by atoms with Crippen LogP contribution in [0.4, 0.5) is 0 Å². The molecule has 0 aromatic heterocycles. The molecule has 0 saturated carbocycles. The van der Waals surface area contributed by atoms with E-state index < -0.39 is 0 Å². The summed E-state index contributed by atoms with van der Waals surface area (Å²) in [4.78, 5) is 4.35. The molecule has 1 heterocycles. The van der Waals surface area contributed by atoms with E-state index in [1.807, 2.05) is 0 Å². The Kier molecular flexibility index (Phi) is 9.58. The van der Waals surface area contributed by atoms with Gasteiger partial charge in [0.15, 0.2) is 5.96 Å². The first kappa shape index (κ1) is 22.5. The highest BCUT2D eigenvalue weighted by Gasteiger charge is 2.32. The number of hydrogen-bond donors (Lipinski definition) is 2. The third kappa shape index (κ3) is 6.99. The summed E-state index contributed by atoms with van der Waals surface area (Å²) < 4.78 is 17.3. The van der Waals surface area contributed by atoms with E-state index in [1.54, 1.807) is 14.2 Å². The van der Waals surface area contributed by atoms with Crippen molar-refractivity contribution in [2.75, 3.05) is 40.5 Å².